The van der Waals surface area contributed by atoms with E-state index in [2.05, 4.69) is 10.2 Å². The Morgan fingerprint density at radius 1 is 1.03 bits per heavy atom. The van der Waals surface area contributed by atoms with E-state index in [0.717, 1.165) is 17.0 Å². The van der Waals surface area contributed by atoms with Gasteiger partial charge in [-0.2, -0.15) is 0 Å². The average Bonchev–Trinajstić information content (AvgIpc) is 3.33. The van der Waals surface area contributed by atoms with Crippen LogP contribution in [-0.4, -0.2) is 62.1 Å². The van der Waals surface area contributed by atoms with E-state index in [1.165, 1.54) is 0 Å². The van der Waals surface area contributed by atoms with Crippen LogP contribution in [0.2, 0.25) is 0 Å². The van der Waals surface area contributed by atoms with Crippen LogP contribution in [0.5, 0.6) is 5.75 Å². The van der Waals surface area contributed by atoms with Gasteiger partial charge in [-0.05, 0) is 49.7 Å². The van der Waals surface area contributed by atoms with Gasteiger partial charge in [-0.25, -0.2) is 0 Å². The van der Waals surface area contributed by atoms with Gasteiger partial charge in [-0.15, -0.1) is 10.2 Å². The second kappa shape index (κ2) is 9.21. The lowest BCUT2D eigenvalue weighted by molar-refractivity contribution is -0.131. The zero-order chi connectivity index (χ0) is 22.7. The number of hydrogen-bond donors (Lipinski definition) is 0. The summed E-state index contributed by atoms with van der Waals surface area (Å²) in [5, 5.41) is 7.67. The summed E-state index contributed by atoms with van der Waals surface area (Å²) in [6.45, 7) is 6.96. The van der Waals surface area contributed by atoms with Crippen LogP contribution in [-0.2, 0) is 4.79 Å². The van der Waals surface area contributed by atoms with Crippen LogP contribution in [0.4, 0.5) is 0 Å². The first-order valence-corrected chi connectivity index (χ1v) is 10.7. The molecule has 32 heavy (non-hydrogen) atoms. The first kappa shape index (κ1) is 21.5. The van der Waals surface area contributed by atoms with Crippen molar-refractivity contribution in [2.45, 2.75) is 32.9 Å². The van der Waals surface area contributed by atoms with E-state index in [1.54, 1.807) is 29.0 Å². The molecule has 1 unspecified atom stereocenters. The molecule has 1 saturated heterocycles. The molecule has 8 nitrogen and oxygen atoms in total. The van der Waals surface area contributed by atoms with Crippen molar-refractivity contribution < 1.29 is 14.3 Å². The van der Waals surface area contributed by atoms with Crippen LogP contribution in [0.25, 0.3) is 5.69 Å². The second-order valence-electron chi connectivity index (χ2n) is 8.13. The Labute approximate surface area is 187 Å². The lowest BCUT2D eigenvalue weighted by Gasteiger charge is -2.41. The van der Waals surface area contributed by atoms with Crippen molar-refractivity contribution in [3.63, 3.8) is 0 Å². The maximum Gasteiger partial charge on any atom is 0.254 e. The Morgan fingerprint density at radius 3 is 2.41 bits per heavy atom. The van der Waals surface area contributed by atoms with Gasteiger partial charge in [0.25, 0.3) is 5.91 Å². The van der Waals surface area contributed by atoms with Crippen LogP contribution in [0.1, 0.15) is 42.7 Å². The summed E-state index contributed by atoms with van der Waals surface area (Å²) >= 11 is 0. The topological polar surface area (TPSA) is 80.6 Å². The maximum atomic E-state index is 13.6. The summed E-state index contributed by atoms with van der Waals surface area (Å²) in [6.07, 6.45) is 3.28. The maximum absolute atomic E-state index is 13.6. The van der Waals surface area contributed by atoms with E-state index in [9.17, 15) is 9.59 Å². The minimum atomic E-state index is -0.244. The Balaban J connectivity index is 1.63. The number of nitrogens with zero attached hydrogens (tertiary/aromatic N) is 5. The predicted molar refractivity (Wildman–Crippen MR) is 120 cm³/mol. The molecule has 0 aliphatic carbocycles. The van der Waals surface area contributed by atoms with Crippen molar-refractivity contribution in [3.05, 3.63) is 72.3 Å². The molecule has 166 valence electrons. The number of rotatable bonds is 5. The minimum Gasteiger partial charge on any atom is -0.491 e. The van der Waals surface area contributed by atoms with E-state index >= 15 is 0 Å². The van der Waals surface area contributed by atoms with Crippen LogP contribution < -0.4 is 4.74 Å². The van der Waals surface area contributed by atoms with Crippen molar-refractivity contribution >= 4 is 11.8 Å². The van der Waals surface area contributed by atoms with Crippen LogP contribution in [0.15, 0.2) is 61.2 Å². The number of carbonyl (C=O) groups excluding carboxylic acids is 2. The fourth-order valence-corrected chi connectivity index (χ4v) is 3.94. The molecule has 0 N–H and O–H groups in total. The highest BCUT2D eigenvalue weighted by atomic mass is 16.5. The molecular formula is C24H27N5O3. The Morgan fingerprint density at radius 2 is 1.75 bits per heavy atom. The van der Waals surface area contributed by atoms with E-state index in [-0.39, 0.29) is 24.0 Å². The monoisotopic (exact) mass is 433 g/mol. The molecule has 1 aliphatic heterocycles. The number of aromatic nitrogens is 3. The van der Waals surface area contributed by atoms with Gasteiger partial charge >= 0.3 is 0 Å². The lowest BCUT2D eigenvalue weighted by atomic mass is 10.0. The number of benzene rings is 2. The third-order valence-corrected chi connectivity index (χ3v) is 5.53. The third kappa shape index (κ3) is 4.64. The smallest absolute Gasteiger partial charge is 0.254 e. The molecule has 2 amide bonds. The molecular weight excluding hydrogens is 406 g/mol. The standard InChI is InChI=1S/C24H27N5O3/c1-17(2)32-22-9-7-19(8-10-22)23-14-27(18(3)30)11-12-29(23)24(31)20-5-4-6-21(13-20)28-15-25-26-16-28/h4-10,13,15-17,23H,11-12,14H2,1-3H3. The zero-order valence-corrected chi connectivity index (χ0v) is 18.5. The molecule has 0 bridgehead atoms. The molecule has 0 spiro atoms. The minimum absolute atomic E-state index is 0.0106. The quantitative estimate of drug-likeness (QED) is 0.618. The van der Waals surface area contributed by atoms with Gasteiger partial charge in [-0.3, -0.25) is 14.2 Å². The zero-order valence-electron chi connectivity index (χ0n) is 18.5. The molecule has 0 radical (unpaired) electrons. The van der Waals surface area contributed by atoms with Gasteiger partial charge in [0.15, 0.2) is 0 Å². The fraction of sp³-hybridized carbons (Fsp3) is 0.333. The Hall–Kier alpha value is -3.68. The lowest BCUT2D eigenvalue weighted by Crippen LogP contribution is -2.51. The molecule has 4 rings (SSSR count). The van der Waals surface area contributed by atoms with Crippen molar-refractivity contribution in [1.29, 1.82) is 0 Å². The van der Waals surface area contributed by atoms with Gasteiger partial charge < -0.3 is 14.5 Å². The van der Waals surface area contributed by atoms with Crippen molar-refractivity contribution in [2.24, 2.45) is 0 Å². The number of piperazine rings is 1. The van der Waals surface area contributed by atoms with Crippen molar-refractivity contribution in [1.82, 2.24) is 24.6 Å². The molecule has 1 fully saturated rings. The number of hydrogen-bond acceptors (Lipinski definition) is 5. The first-order valence-electron chi connectivity index (χ1n) is 10.7. The fourth-order valence-electron chi connectivity index (χ4n) is 3.94. The molecule has 2 heterocycles. The molecule has 1 aliphatic rings. The summed E-state index contributed by atoms with van der Waals surface area (Å²) in [5.74, 6) is 0.717. The summed E-state index contributed by atoms with van der Waals surface area (Å²) in [4.78, 5) is 29.3. The van der Waals surface area contributed by atoms with E-state index in [1.807, 2.05) is 67.3 Å². The highest BCUT2D eigenvalue weighted by Crippen LogP contribution is 2.29. The Bertz CT molecular complexity index is 1080. The number of ether oxygens (including phenoxy) is 1. The third-order valence-electron chi connectivity index (χ3n) is 5.53. The number of amides is 2. The molecule has 8 heteroatoms. The van der Waals surface area contributed by atoms with E-state index in [4.69, 9.17) is 4.74 Å². The number of carbonyl (C=O) groups is 2. The van der Waals surface area contributed by atoms with Gasteiger partial charge in [0.05, 0.1) is 12.1 Å². The molecule has 3 aromatic rings. The van der Waals surface area contributed by atoms with Crippen LogP contribution in [0, 0.1) is 0 Å². The highest BCUT2D eigenvalue weighted by Gasteiger charge is 2.33. The average molecular weight is 434 g/mol. The van der Waals surface area contributed by atoms with Gasteiger partial charge in [0.1, 0.15) is 18.4 Å². The first-order chi connectivity index (χ1) is 15.4. The Kier molecular flexibility index (Phi) is 6.20. The van der Waals surface area contributed by atoms with Crippen molar-refractivity contribution in [3.8, 4) is 11.4 Å². The summed E-state index contributed by atoms with van der Waals surface area (Å²) in [5.41, 5.74) is 2.36. The van der Waals surface area contributed by atoms with Gasteiger partial charge in [0.2, 0.25) is 5.91 Å². The molecule has 2 aromatic carbocycles. The summed E-state index contributed by atoms with van der Waals surface area (Å²) in [7, 11) is 0. The van der Waals surface area contributed by atoms with E-state index in [0.29, 0.717) is 25.2 Å². The normalized spacial score (nSPS) is 16.3. The second-order valence-corrected chi connectivity index (χ2v) is 8.13. The molecule has 0 saturated carbocycles. The van der Waals surface area contributed by atoms with Gasteiger partial charge in [-0.1, -0.05) is 18.2 Å². The summed E-state index contributed by atoms with van der Waals surface area (Å²) in [6, 6.07) is 14.9. The summed E-state index contributed by atoms with van der Waals surface area (Å²) < 4.78 is 7.51. The molecule has 1 atom stereocenters. The van der Waals surface area contributed by atoms with E-state index < -0.39 is 0 Å². The predicted octanol–water partition coefficient (Wildman–Crippen LogP) is 3.10. The molecule has 1 aromatic heterocycles. The van der Waals surface area contributed by atoms with Gasteiger partial charge in [0, 0.05) is 37.8 Å². The highest BCUT2D eigenvalue weighted by molar-refractivity contribution is 5.95. The van der Waals surface area contributed by atoms with Crippen molar-refractivity contribution in [2.75, 3.05) is 19.6 Å². The SMILES string of the molecule is CC(=O)N1CCN(C(=O)c2cccc(-n3cnnc3)c2)C(c2ccc(OC(C)C)cc2)C1. The largest absolute Gasteiger partial charge is 0.491 e. The van der Waals surface area contributed by atoms with Crippen LogP contribution >= 0.6 is 0 Å². The van der Waals surface area contributed by atoms with Crippen LogP contribution in [0.3, 0.4) is 0 Å².